The van der Waals surface area contributed by atoms with Crippen LogP contribution in [0.3, 0.4) is 0 Å². The molecule has 0 heterocycles. The van der Waals surface area contributed by atoms with Crippen molar-refractivity contribution in [3.63, 3.8) is 0 Å². The molecule has 0 aliphatic carbocycles. The van der Waals surface area contributed by atoms with Gasteiger partial charge in [-0.1, -0.05) is 0 Å². The molecule has 14 heavy (non-hydrogen) atoms. The van der Waals surface area contributed by atoms with Gasteiger partial charge in [0.1, 0.15) is 5.82 Å². The van der Waals surface area contributed by atoms with E-state index in [0.29, 0.717) is 5.56 Å². The number of benzene rings is 1. The standard InChI is InChI=1S/C8H9FN2O2.ClH/c1-5(10)7-3-2-6(9)4-8(7)11(12)13;/h2-5H,10H2,1H3;1H/t5-;/m0./s1. The Bertz CT molecular complexity index is 344. The summed E-state index contributed by atoms with van der Waals surface area (Å²) in [4.78, 5) is 9.82. The first-order valence-corrected chi connectivity index (χ1v) is 3.72. The van der Waals surface area contributed by atoms with E-state index in [4.69, 9.17) is 5.73 Å². The van der Waals surface area contributed by atoms with Gasteiger partial charge in [0.25, 0.3) is 5.69 Å². The maximum Gasteiger partial charge on any atom is 0.277 e. The lowest BCUT2D eigenvalue weighted by molar-refractivity contribution is -0.385. The first-order chi connectivity index (χ1) is 6.02. The first kappa shape index (κ1) is 12.8. The van der Waals surface area contributed by atoms with Gasteiger partial charge in [-0.15, -0.1) is 12.4 Å². The Balaban J connectivity index is 0.00000169. The van der Waals surface area contributed by atoms with E-state index in [1.807, 2.05) is 0 Å². The maximum atomic E-state index is 12.6. The summed E-state index contributed by atoms with van der Waals surface area (Å²) in [5.41, 5.74) is 5.55. The van der Waals surface area contributed by atoms with Crippen LogP contribution in [-0.4, -0.2) is 4.92 Å². The largest absolute Gasteiger partial charge is 0.324 e. The number of nitrogens with two attached hydrogens (primary N) is 1. The Morgan fingerprint density at radius 2 is 2.14 bits per heavy atom. The van der Waals surface area contributed by atoms with Crippen LogP contribution in [0.15, 0.2) is 18.2 Å². The lowest BCUT2D eigenvalue weighted by Crippen LogP contribution is -2.08. The molecule has 1 aromatic carbocycles. The van der Waals surface area contributed by atoms with E-state index < -0.39 is 16.8 Å². The first-order valence-electron chi connectivity index (χ1n) is 3.72. The Kier molecular flexibility index (Phi) is 4.46. The molecule has 0 fully saturated rings. The molecule has 2 N–H and O–H groups in total. The van der Waals surface area contributed by atoms with E-state index in [1.165, 1.54) is 6.07 Å². The molecule has 0 aliphatic heterocycles. The summed E-state index contributed by atoms with van der Waals surface area (Å²) in [7, 11) is 0. The Labute approximate surface area is 86.5 Å². The van der Waals surface area contributed by atoms with Gasteiger partial charge in [-0.3, -0.25) is 10.1 Å². The van der Waals surface area contributed by atoms with Crippen LogP contribution < -0.4 is 5.73 Å². The van der Waals surface area contributed by atoms with Crippen molar-refractivity contribution in [3.8, 4) is 0 Å². The highest BCUT2D eigenvalue weighted by Gasteiger charge is 2.16. The number of hydrogen-bond acceptors (Lipinski definition) is 3. The van der Waals surface area contributed by atoms with Gasteiger partial charge in [0.15, 0.2) is 0 Å². The minimum atomic E-state index is -0.637. The quantitative estimate of drug-likeness (QED) is 0.614. The van der Waals surface area contributed by atoms with Crippen LogP contribution in [0.4, 0.5) is 10.1 Å². The van der Waals surface area contributed by atoms with Crippen LogP contribution in [0.25, 0.3) is 0 Å². The molecule has 0 aromatic heterocycles. The van der Waals surface area contributed by atoms with Gasteiger partial charge in [-0.05, 0) is 19.1 Å². The van der Waals surface area contributed by atoms with Crippen LogP contribution >= 0.6 is 12.4 Å². The molecule has 1 aromatic rings. The zero-order valence-corrected chi connectivity index (χ0v) is 8.25. The molecule has 0 saturated heterocycles. The molecule has 1 atom stereocenters. The summed E-state index contributed by atoms with van der Waals surface area (Å²) >= 11 is 0. The van der Waals surface area contributed by atoms with Crippen molar-refractivity contribution < 1.29 is 9.31 Å². The van der Waals surface area contributed by atoms with Crippen molar-refractivity contribution in [2.45, 2.75) is 13.0 Å². The van der Waals surface area contributed by atoms with E-state index in [9.17, 15) is 14.5 Å². The molecule has 0 saturated carbocycles. The van der Waals surface area contributed by atoms with Crippen LogP contribution in [0, 0.1) is 15.9 Å². The highest BCUT2D eigenvalue weighted by molar-refractivity contribution is 5.85. The average molecular weight is 221 g/mol. The third-order valence-electron chi connectivity index (χ3n) is 1.68. The van der Waals surface area contributed by atoms with E-state index in [2.05, 4.69) is 0 Å². The predicted octanol–water partition coefficient (Wildman–Crippen LogP) is 2.18. The Hall–Kier alpha value is -1.20. The molecule has 1 rings (SSSR count). The molecular formula is C8H10ClFN2O2. The van der Waals surface area contributed by atoms with Crippen molar-refractivity contribution in [1.29, 1.82) is 0 Å². The zero-order chi connectivity index (χ0) is 10.0. The van der Waals surface area contributed by atoms with Gasteiger partial charge in [-0.25, -0.2) is 4.39 Å². The highest BCUT2D eigenvalue weighted by atomic mass is 35.5. The number of rotatable bonds is 2. The van der Waals surface area contributed by atoms with Crippen molar-refractivity contribution in [3.05, 3.63) is 39.7 Å². The number of nitrogens with zero attached hydrogens (tertiary/aromatic N) is 1. The summed E-state index contributed by atoms with van der Waals surface area (Å²) < 4.78 is 12.6. The van der Waals surface area contributed by atoms with Gasteiger partial charge in [-0.2, -0.15) is 0 Å². The lowest BCUT2D eigenvalue weighted by Gasteiger charge is -2.05. The lowest BCUT2D eigenvalue weighted by atomic mass is 10.1. The number of nitro groups is 1. The summed E-state index contributed by atoms with van der Waals surface area (Å²) in [5, 5.41) is 10.5. The zero-order valence-electron chi connectivity index (χ0n) is 7.44. The normalized spacial score (nSPS) is 11.6. The third-order valence-corrected chi connectivity index (χ3v) is 1.68. The highest BCUT2D eigenvalue weighted by Crippen LogP contribution is 2.24. The molecule has 78 valence electrons. The second-order valence-corrected chi connectivity index (χ2v) is 2.75. The monoisotopic (exact) mass is 220 g/mol. The molecule has 0 bridgehead atoms. The van der Waals surface area contributed by atoms with Crippen LogP contribution in [-0.2, 0) is 0 Å². The summed E-state index contributed by atoms with van der Waals surface area (Å²) in [6.07, 6.45) is 0. The Morgan fingerprint density at radius 1 is 1.57 bits per heavy atom. The van der Waals surface area contributed by atoms with E-state index in [-0.39, 0.29) is 18.1 Å². The van der Waals surface area contributed by atoms with Gasteiger partial charge in [0, 0.05) is 11.6 Å². The number of nitro benzene ring substituents is 1. The molecular weight excluding hydrogens is 211 g/mol. The van der Waals surface area contributed by atoms with Gasteiger partial charge in [0.2, 0.25) is 0 Å². The van der Waals surface area contributed by atoms with Crippen molar-refractivity contribution in [2.75, 3.05) is 0 Å². The fourth-order valence-electron chi connectivity index (χ4n) is 1.06. The topological polar surface area (TPSA) is 69.2 Å². The second kappa shape index (κ2) is 4.88. The minimum absolute atomic E-state index is 0. The van der Waals surface area contributed by atoms with Crippen molar-refractivity contribution in [1.82, 2.24) is 0 Å². The smallest absolute Gasteiger partial charge is 0.277 e. The Morgan fingerprint density at radius 3 is 2.57 bits per heavy atom. The molecule has 0 spiro atoms. The van der Waals surface area contributed by atoms with E-state index >= 15 is 0 Å². The molecule has 0 aliphatic rings. The maximum absolute atomic E-state index is 12.6. The minimum Gasteiger partial charge on any atom is -0.324 e. The second-order valence-electron chi connectivity index (χ2n) is 2.75. The molecule has 6 heteroatoms. The number of hydrogen-bond donors (Lipinski definition) is 1. The predicted molar refractivity (Wildman–Crippen MR) is 52.9 cm³/mol. The van der Waals surface area contributed by atoms with Gasteiger partial charge >= 0.3 is 0 Å². The van der Waals surface area contributed by atoms with Gasteiger partial charge < -0.3 is 5.73 Å². The summed E-state index contributed by atoms with van der Waals surface area (Å²) in [6, 6.07) is 2.89. The molecule has 0 radical (unpaired) electrons. The SMILES string of the molecule is C[C@H](N)c1ccc(F)cc1[N+](=O)[O-].Cl. The summed E-state index contributed by atoms with van der Waals surface area (Å²) in [5.74, 6) is -0.629. The molecule has 0 amide bonds. The van der Waals surface area contributed by atoms with E-state index in [0.717, 1.165) is 12.1 Å². The molecule has 4 nitrogen and oxygen atoms in total. The fraction of sp³-hybridized carbons (Fsp3) is 0.250. The number of halogens is 2. The third kappa shape index (κ3) is 2.65. The van der Waals surface area contributed by atoms with Crippen molar-refractivity contribution in [2.24, 2.45) is 5.73 Å². The van der Waals surface area contributed by atoms with Crippen LogP contribution in [0.1, 0.15) is 18.5 Å². The van der Waals surface area contributed by atoms with Crippen molar-refractivity contribution >= 4 is 18.1 Å². The van der Waals surface area contributed by atoms with Crippen LogP contribution in [0.5, 0.6) is 0 Å². The van der Waals surface area contributed by atoms with Gasteiger partial charge in [0.05, 0.1) is 11.0 Å². The molecule has 0 unspecified atom stereocenters. The summed E-state index contributed by atoms with van der Waals surface area (Å²) in [6.45, 7) is 1.61. The van der Waals surface area contributed by atoms with E-state index in [1.54, 1.807) is 6.92 Å². The van der Waals surface area contributed by atoms with Crippen LogP contribution in [0.2, 0.25) is 0 Å². The average Bonchev–Trinajstić information content (AvgIpc) is 2.03. The fourth-order valence-corrected chi connectivity index (χ4v) is 1.06.